The lowest BCUT2D eigenvalue weighted by Gasteiger charge is -2.10. The van der Waals surface area contributed by atoms with E-state index in [1.54, 1.807) is 24.3 Å². The lowest BCUT2D eigenvalue weighted by Crippen LogP contribution is -2.00. The molecule has 1 heterocycles. The second-order valence-corrected chi connectivity index (χ2v) is 6.56. The molecule has 3 aromatic rings. The molecule has 3 nitrogen and oxygen atoms in total. The van der Waals surface area contributed by atoms with Crippen molar-refractivity contribution in [2.45, 2.75) is 52.1 Å². The van der Waals surface area contributed by atoms with E-state index in [9.17, 15) is 13.9 Å². The largest absolute Gasteiger partial charge is 0.490 e. The number of aliphatic hydroxyl groups excluding tert-OH is 1. The van der Waals surface area contributed by atoms with Gasteiger partial charge in [0.1, 0.15) is 0 Å². The Morgan fingerprint density at radius 2 is 1.65 bits per heavy atom. The highest BCUT2D eigenvalue weighted by atomic mass is 19.1. The predicted molar refractivity (Wildman–Crippen MR) is 98.5 cm³/mol. The third kappa shape index (κ3) is 3.40. The number of hydrogen-bond donors (Lipinski definition) is 1. The van der Waals surface area contributed by atoms with Crippen molar-refractivity contribution < 1.29 is 23.0 Å². The molecule has 0 spiro atoms. The maximum Gasteiger partial charge on any atom is 0.208 e. The van der Waals surface area contributed by atoms with E-state index in [1.807, 2.05) is 6.92 Å². The van der Waals surface area contributed by atoms with E-state index in [0.717, 1.165) is 25.7 Å². The number of halogens is 2. The highest BCUT2D eigenvalue weighted by Gasteiger charge is 2.21. The first-order valence-electron chi connectivity index (χ1n) is 9.22. The van der Waals surface area contributed by atoms with Crippen molar-refractivity contribution in [2.24, 2.45) is 0 Å². The van der Waals surface area contributed by atoms with Crippen LogP contribution in [0, 0.1) is 11.6 Å². The van der Waals surface area contributed by atoms with Gasteiger partial charge in [0.05, 0.1) is 12.7 Å². The van der Waals surface area contributed by atoms with Gasteiger partial charge in [-0.25, -0.2) is 4.39 Å². The quantitative estimate of drug-likeness (QED) is 0.480. The molecule has 1 aromatic heterocycles. The van der Waals surface area contributed by atoms with Gasteiger partial charge in [-0.1, -0.05) is 39.2 Å². The molecule has 0 amide bonds. The molecule has 2 aromatic carbocycles. The summed E-state index contributed by atoms with van der Waals surface area (Å²) in [6, 6.07) is 6.44. The number of fused-ring (bicyclic) bond motifs is 3. The maximum absolute atomic E-state index is 14.8. The average molecular weight is 362 g/mol. The minimum atomic E-state index is -0.903. The van der Waals surface area contributed by atoms with Crippen molar-refractivity contribution in [3.8, 4) is 5.75 Å². The van der Waals surface area contributed by atoms with Crippen LogP contribution in [0.3, 0.4) is 0 Å². The van der Waals surface area contributed by atoms with Gasteiger partial charge >= 0.3 is 0 Å². The molecule has 26 heavy (non-hydrogen) atoms. The van der Waals surface area contributed by atoms with Gasteiger partial charge in [-0.3, -0.25) is 0 Å². The zero-order valence-corrected chi connectivity index (χ0v) is 15.1. The van der Waals surface area contributed by atoms with Gasteiger partial charge in [0.15, 0.2) is 22.7 Å². The molecule has 0 bridgehead atoms. The number of aliphatic hydroxyl groups is 1. The van der Waals surface area contributed by atoms with Crippen molar-refractivity contribution in [3.63, 3.8) is 0 Å². The molecule has 1 atom stereocenters. The molecule has 0 aliphatic carbocycles. The first-order valence-corrected chi connectivity index (χ1v) is 9.22. The van der Waals surface area contributed by atoms with E-state index >= 15 is 0 Å². The van der Waals surface area contributed by atoms with Gasteiger partial charge in [0.25, 0.3) is 0 Å². The molecule has 140 valence electrons. The van der Waals surface area contributed by atoms with Crippen LogP contribution in [0.25, 0.3) is 21.9 Å². The molecule has 0 aliphatic heterocycles. The smallest absolute Gasteiger partial charge is 0.208 e. The molecule has 0 fully saturated rings. The van der Waals surface area contributed by atoms with Crippen molar-refractivity contribution in [1.29, 1.82) is 0 Å². The summed E-state index contributed by atoms with van der Waals surface area (Å²) in [5.41, 5.74) is 0.124. The number of rotatable bonds is 8. The van der Waals surface area contributed by atoms with Crippen molar-refractivity contribution >= 4 is 21.9 Å². The topological polar surface area (TPSA) is 42.6 Å². The van der Waals surface area contributed by atoms with Crippen LogP contribution in [-0.4, -0.2) is 11.7 Å². The Morgan fingerprint density at radius 1 is 0.962 bits per heavy atom. The molecule has 1 N–H and O–H groups in total. The molecule has 0 aliphatic rings. The van der Waals surface area contributed by atoms with Crippen LogP contribution < -0.4 is 4.74 Å². The molecule has 0 saturated heterocycles. The Kier molecular flexibility index (Phi) is 5.77. The summed E-state index contributed by atoms with van der Waals surface area (Å²) in [5.74, 6) is -1.14. The number of benzene rings is 2. The van der Waals surface area contributed by atoms with Gasteiger partial charge in [0.2, 0.25) is 5.82 Å². The average Bonchev–Trinajstić information content (AvgIpc) is 3.01. The van der Waals surface area contributed by atoms with Crippen molar-refractivity contribution in [3.05, 3.63) is 41.5 Å². The zero-order valence-electron chi connectivity index (χ0n) is 15.1. The van der Waals surface area contributed by atoms with E-state index in [0.29, 0.717) is 23.8 Å². The van der Waals surface area contributed by atoms with Crippen molar-refractivity contribution in [2.75, 3.05) is 6.61 Å². The second-order valence-electron chi connectivity index (χ2n) is 6.56. The summed E-state index contributed by atoms with van der Waals surface area (Å²) >= 11 is 0. The fourth-order valence-electron chi connectivity index (χ4n) is 3.17. The predicted octanol–water partition coefficient (Wildman–Crippen LogP) is 6.27. The van der Waals surface area contributed by atoms with E-state index in [1.165, 1.54) is 0 Å². The standard InChI is InChI=1S/C21H24F2O3/c1-3-5-6-12-25-17-11-10-14-13-8-9-15(16(24)7-4-2)18(22)20(13)26-21(14)19(17)23/h8-11,16,24H,3-7,12H2,1-2H3/t16-/m0/s1. The normalized spacial score (nSPS) is 12.8. The van der Waals surface area contributed by atoms with Crippen LogP contribution in [-0.2, 0) is 0 Å². The van der Waals surface area contributed by atoms with Crippen LogP contribution in [0.15, 0.2) is 28.7 Å². The molecule has 5 heteroatoms. The molecular formula is C21H24F2O3. The minimum Gasteiger partial charge on any atom is -0.490 e. The van der Waals surface area contributed by atoms with Crippen molar-refractivity contribution in [1.82, 2.24) is 0 Å². The van der Waals surface area contributed by atoms with Gasteiger partial charge < -0.3 is 14.3 Å². The summed E-state index contributed by atoms with van der Waals surface area (Å²) in [6.07, 6.45) is 3.20. The monoisotopic (exact) mass is 362 g/mol. The van der Waals surface area contributed by atoms with Crippen LogP contribution in [0.4, 0.5) is 8.78 Å². The van der Waals surface area contributed by atoms with E-state index < -0.39 is 17.7 Å². The highest BCUT2D eigenvalue weighted by Crippen LogP contribution is 2.37. The first kappa shape index (κ1) is 18.6. The van der Waals surface area contributed by atoms with Gasteiger partial charge in [-0.15, -0.1) is 0 Å². The van der Waals surface area contributed by atoms with Gasteiger partial charge in [-0.05, 0) is 31.0 Å². The third-order valence-corrected chi connectivity index (χ3v) is 4.61. The summed E-state index contributed by atoms with van der Waals surface area (Å²) in [5, 5.41) is 11.1. The molecule has 0 radical (unpaired) electrons. The molecule has 0 unspecified atom stereocenters. The van der Waals surface area contributed by atoms with Crippen LogP contribution in [0.5, 0.6) is 5.75 Å². The minimum absolute atomic E-state index is 0.0194. The maximum atomic E-state index is 14.8. The lowest BCUT2D eigenvalue weighted by molar-refractivity contribution is 0.162. The fraction of sp³-hybridized carbons (Fsp3) is 0.429. The Labute approximate surface area is 151 Å². The first-order chi connectivity index (χ1) is 12.6. The molecule has 3 rings (SSSR count). The van der Waals surface area contributed by atoms with Crippen LogP contribution >= 0.6 is 0 Å². The summed E-state index contributed by atoms with van der Waals surface area (Å²) in [4.78, 5) is 0. The highest BCUT2D eigenvalue weighted by molar-refractivity contribution is 6.05. The van der Waals surface area contributed by atoms with E-state index in [-0.39, 0.29) is 22.5 Å². The lowest BCUT2D eigenvalue weighted by atomic mass is 10.0. The number of ether oxygens (including phenoxy) is 1. The van der Waals surface area contributed by atoms with Gasteiger partial charge in [-0.2, -0.15) is 4.39 Å². The van der Waals surface area contributed by atoms with Gasteiger partial charge in [0, 0.05) is 16.3 Å². The van der Waals surface area contributed by atoms with Crippen LogP contribution in [0.1, 0.15) is 57.6 Å². The number of hydrogen-bond acceptors (Lipinski definition) is 3. The third-order valence-electron chi connectivity index (χ3n) is 4.61. The summed E-state index contributed by atoms with van der Waals surface area (Å²) < 4.78 is 40.5. The van der Waals surface area contributed by atoms with E-state index in [2.05, 4.69) is 6.92 Å². The SMILES string of the molecule is CCCCCOc1ccc2c(oc3c(F)c([C@@H](O)CCC)ccc32)c1F. The second kappa shape index (κ2) is 8.04. The molecule has 0 saturated carbocycles. The molecular weight excluding hydrogens is 338 g/mol. The number of unbranched alkanes of at least 4 members (excludes halogenated alkanes) is 2. The summed E-state index contributed by atoms with van der Waals surface area (Å²) in [7, 11) is 0. The Balaban J connectivity index is 2.01. The van der Waals surface area contributed by atoms with Crippen LogP contribution in [0.2, 0.25) is 0 Å². The Hall–Kier alpha value is -2.14. The Morgan fingerprint density at radius 3 is 2.35 bits per heavy atom. The fourth-order valence-corrected chi connectivity index (χ4v) is 3.17. The summed E-state index contributed by atoms with van der Waals surface area (Å²) in [6.45, 7) is 4.43. The zero-order chi connectivity index (χ0) is 18.7. The van der Waals surface area contributed by atoms with E-state index in [4.69, 9.17) is 9.15 Å². The number of furan rings is 1. The Bertz CT molecular complexity index is 901.